The summed E-state index contributed by atoms with van der Waals surface area (Å²) in [4.78, 5) is 0. The Kier molecular flexibility index (Phi) is 5.79. The first kappa shape index (κ1) is 14.5. The van der Waals surface area contributed by atoms with Crippen LogP contribution in [0.15, 0.2) is 29.6 Å². The summed E-state index contributed by atoms with van der Waals surface area (Å²) in [5, 5.41) is 3.55. The lowest BCUT2D eigenvalue weighted by Gasteiger charge is -2.11. The van der Waals surface area contributed by atoms with Crippen LogP contribution in [-0.2, 0) is 15.9 Å². The Morgan fingerprint density at radius 1 is 1.21 bits per heavy atom. The van der Waals surface area contributed by atoms with Gasteiger partial charge in [0, 0.05) is 24.5 Å². The zero-order chi connectivity index (χ0) is 13.5. The van der Waals surface area contributed by atoms with Gasteiger partial charge in [-0.3, -0.25) is 0 Å². The fourth-order valence-electron chi connectivity index (χ4n) is 2.05. The van der Waals surface area contributed by atoms with E-state index in [0.717, 1.165) is 12.8 Å². The molecule has 0 amide bonds. The topological polar surface area (TPSA) is 44.5 Å². The molecule has 1 aromatic heterocycles. The van der Waals surface area contributed by atoms with E-state index in [2.05, 4.69) is 29.6 Å². The molecule has 2 N–H and O–H groups in total. The predicted molar refractivity (Wildman–Crippen MR) is 80.8 cm³/mol. The third kappa shape index (κ3) is 4.28. The standard InChI is InChI=1S/C15H21NO2S/c1-17-8-9-18-7-6-13(16)10-12-11-19-15-5-3-2-4-14(12)15/h2-5,11,13H,6-10,16H2,1H3. The van der Waals surface area contributed by atoms with Crippen LogP contribution < -0.4 is 5.73 Å². The second-order valence-corrected chi connectivity index (χ2v) is 5.53. The van der Waals surface area contributed by atoms with Gasteiger partial charge >= 0.3 is 0 Å². The van der Waals surface area contributed by atoms with E-state index in [1.165, 1.54) is 15.6 Å². The zero-order valence-electron chi connectivity index (χ0n) is 11.3. The van der Waals surface area contributed by atoms with Crippen molar-refractivity contribution >= 4 is 21.4 Å². The molecule has 0 aliphatic rings. The molecule has 2 rings (SSSR count). The van der Waals surface area contributed by atoms with E-state index in [0.29, 0.717) is 19.8 Å². The quantitative estimate of drug-likeness (QED) is 0.756. The molecule has 2 aromatic rings. The third-order valence-electron chi connectivity index (χ3n) is 3.11. The van der Waals surface area contributed by atoms with Gasteiger partial charge in [-0.2, -0.15) is 0 Å². The van der Waals surface area contributed by atoms with E-state index in [4.69, 9.17) is 15.2 Å². The van der Waals surface area contributed by atoms with Crippen molar-refractivity contribution in [1.82, 2.24) is 0 Å². The summed E-state index contributed by atoms with van der Waals surface area (Å²) in [5.74, 6) is 0. The molecule has 0 saturated carbocycles. The fourth-order valence-corrected chi connectivity index (χ4v) is 3.03. The molecule has 19 heavy (non-hydrogen) atoms. The van der Waals surface area contributed by atoms with Gasteiger partial charge < -0.3 is 15.2 Å². The Labute approximate surface area is 118 Å². The van der Waals surface area contributed by atoms with Gasteiger partial charge in [-0.1, -0.05) is 18.2 Å². The van der Waals surface area contributed by atoms with Crippen LogP contribution in [0.4, 0.5) is 0 Å². The van der Waals surface area contributed by atoms with Gasteiger partial charge in [-0.15, -0.1) is 11.3 Å². The highest BCUT2D eigenvalue weighted by molar-refractivity contribution is 7.17. The highest BCUT2D eigenvalue weighted by atomic mass is 32.1. The number of nitrogens with two attached hydrogens (primary N) is 1. The Bertz CT molecular complexity index is 498. The molecule has 1 aromatic carbocycles. The van der Waals surface area contributed by atoms with Crippen LogP contribution in [0.1, 0.15) is 12.0 Å². The van der Waals surface area contributed by atoms with Crippen LogP contribution >= 0.6 is 11.3 Å². The highest BCUT2D eigenvalue weighted by Gasteiger charge is 2.08. The van der Waals surface area contributed by atoms with Crippen LogP contribution in [0.2, 0.25) is 0 Å². The van der Waals surface area contributed by atoms with Crippen LogP contribution in [0, 0.1) is 0 Å². The van der Waals surface area contributed by atoms with Crippen molar-refractivity contribution in [3.05, 3.63) is 35.2 Å². The van der Waals surface area contributed by atoms with Crippen LogP contribution in [0.5, 0.6) is 0 Å². The molecule has 0 spiro atoms. The minimum atomic E-state index is 0.153. The lowest BCUT2D eigenvalue weighted by atomic mass is 10.0. The summed E-state index contributed by atoms with van der Waals surface area (Å²) < 4.78 is 11.7. The molecule has 3 nitrogen and oxygen atoms in total. The molecule has 0 fully saturated rings. The Balaban J connectivity index is 1.80. The van der Waals surface area contributed by atoms with E-state index in [-0.39, 0.29) is 6.04 Å². The van der Waals surface area contributed by atoms with Crippen molar-refractivity contribution < 1.29 is 9.47 Å². The molecule has 0 aliphatic carbocycles. The average Bonchev–Trinajstić information content (AvgIpc) is 2.82. The van der Waals surface area contributed by atoms with Crippen molar-refractivity contribution in [2.75, 3.05) is 26.9 Å². The molecule has 4 heteroatoms. The number of methoxy groups -OCH3 is 1. The molecule has 0 saturated heterocycles. The largest absolute Gasteiger partial charge is 0.382 e. The van der Waals surface area contributed by atoms with Crippen molar-refractivity contribution in [3.63, 3.8) is 0 Å². The van der Waals surface area contributed by atoms with Crippen molar-refractivity contribution in [2.24, 2.45) is 5.73 Å². The van der Waals surface area contributed by atoms with Gasteiger partial charge in [0.15, 0.2) is 0 Å². The lowest BCUT2D eigenvalue weighted by Crippen LogP contribution is -2.24. The monoisotopic (exact) mass is 279 g/mol. The predicted octanol–water partition coefficient (Wildman–Crippen LogP) is 2.82. The van der Waals surface area contributed by atoms with E-state index in [9.17, 15) is 0 Å². The maximum Gasteiger partial charge on any atom is 0.0700 e. The van der Waals surface area contributed by atoms with Crippen molar-refractivity contribution in [2.45, 2.75) is 18.9 Å². The summed E-state index contributed by atoms with van der Waals surface area (Å²) in [5.41, 5.74) is 7.52. The maximum atomic E-state index is 6.16. The van der Waals surface area contributed by atoms with Crippen LogP contribution in [0.25, 0.3) is 10.1 Å². The molecule has 1 atom stereocenters. The van der Waals surface area contributed by atoms with Crippen LogP contribution in [-0.4, -0.2) is 33.0 Å². The molecule has 0 aliphatic heterocycles. The lowest BCUT2D eigenvalue weighted by molar-refractivity contribution is 0.0672. The van der Waals surface area contributed by atoms with E-state index >= 15 is 0 Å². The van der Waals surface area contributed by atoms with Gasteiger partial charge in [-0.25, -0.2) is 0 Å². The second kappa shape index (κ2) is 7.60. The molecule has 1 heterocycles. The summed E-state index contributed by atoms with van der Waals surface area (Å²) in [6.45, 7) is 1.99. The molecule has 104 valence electrons. The van der Waals surface area contributed by atoms with E-state index < -0.39 is 0 Å². The van der Waals surface area contributed by atoms with Crippen LogP contribution in [0.3, 0.4) is 0 Å². The Morgan fingerprint density at radius 3 is 2.89 bits per heavy atom. The van der Waals surface area contributed by atoms with Gasteiger partial charge in [0.1, 0.15) is 0 Å². The number of thiophene rings is 1. The number of hydrogen-bond acceptors (Lipinski definition) is 4. The minimum absolute atomic E-state index is 0.153. The Hall–Kier alpha value is -0.940. The number of rotatable bonds is 8. The summed E-state index contributed by atoms with van der Waals surface area (Å²) in [6, 6.07) is 8.64. The SMILES string of the molecule is COCCOCCC(N)Cc1csc2ccccc12. The smallest absolute Gasteiger partial charge is 0.0700 e. The van der Waals surface area contributed by atoms with E-state index in [1.54, 1.807) is 18.4 Å². The number of hydrogen-bond donors (Lipinski definition) is 1. The molecule has 0 radical (unpaired) electrons. The minimum Gasteiger partial charge on any atom is -0.382 e. The van der Waals surface area contributed by atoms with E-state index in [1.807, 2.05) is 0 Å². The first-order chi connectivity index (χ1) is 9.31. The highest BCUT2D eigenvalue weighted by Crippen LogP contribution is 2.26. The first-order valence-corrected chi connectivity index (χ1v) is 7.46. The first-order valence-electron chi connectivity index (χ1n) is 6.58. The van der Waals surface area contributed by atoms with Gasteiger partial charge in [0.25, 0.3) is 0 Å². The number of fused-ring (bicyclic) bond motifs is 1. The summed E-state index contributed by atoms with van der Waals surface area (Å²) in [6.07, 6.45) is 1.80. The molecular weight excluding hydrogens is 258 g/mol. The number of benzene rings is 1. The molecule has 1 unspecified atom stereocenters. The van der Waals surface area contributed by atoms with Gasteiger partial charge in [0.05, 0.1) is 13.2 Å². The summed E-state index contributed by atoms with van der Waals surface area (Å²) in [7, 11) is 1.68. The van der Waals surface area contributed by atoms with Gasteiger partial charge in [-0.05, 0) is 35.2 Å². The second-order valence-electron chi connectivity index (χ2n) is 4.62. The Morgan fingerprint density at radius 2 is 2.05 bits per heavy atom. The summed E-state index contributed by atoms with van der Waals surface area (Å²) >= 11 is 1.79. The van der Waals surface area contributed by atoms with Crippen molar-refractivity contribution in [1.29, 1.82) is 0 Å². The number of ether oxygens (including phenoxy) is 2. The fraction of sp³-hybridized carbons (Fsp3) is 0.467. The van der Waals surface area contributed by atoms with Gasteiger partial charge in [0.2, 0.25) is 0 Å². The average molecular weight is 279 g/mol. The maximum absolute atomic E-state index is 6.16. The van der Waals surface area contributed by atoms with Crippen molar-refractivity contribution in [3.8, 4) is 0 Å². The zero-order valence-corrected chi connectivity index (χ0v) is 12.1. The molecular formula is C15H21NO2S. The molecule has 0 bridgehead atoms. The third-order valence-corrected chi connectivity index (χ3v) is 4.12. The normalized spacial score (nSPS) is 12.9.